The molecule has 19 heavy (non-hydrogen) atoms. The molecule has 2 aliphatic rings. The first-order valence-corrected chi connectivity index (χ1v) is 6.51. The van der Waals surface area contributed by atoms with Gasteiger partial charge in [0, 0.05) is 11.6 Å². The van der Waals surface area contributed by atoms with Gasteiger partial charge < -0.3 is 0 Å². The van der Waals surface area contributed by atoms with E-state index in [4.69, 9.17) is 4.98 Å². The topological polar surface area (TPSA) is 34.9 Å². The fourth-order valence-corrected chi connectivity index (χ4v) is 3.32. The van der Waals surface area contributed by atoms with Gasteiger partial charge >= 0.3 is 0 Å². The van der Waals surface area contributed by atoms with Gasteiger partial charge in [-0.1, -0.05) is 31.1 Å². The molecule has 0 atom stereocenters. The minimum Gasteiger partial charge on any atom is -0.271 e. The fraction of sp³-hybridized carbons (Fsp3) is 0.333. The summed E-state index contributed by atoms with van der Waals surface area (Å²) >= 11 is 0. The smallest absolute Gasteiger partial charge is 0.265 e. The van der Waals surface area contributed by atoms with Crippen LogP contribution < -0.4 is 5.56 Å². The van der Waals surface area contributed by atoms with Gasteiger partial charge in [0.1, 0.15) is 5.82 Å². The molecule has 0 bridgehead atoms. The third-order valence-corrected chi connectivity index (χ3v) is 4.29. The van der Waals surface area contributed by atoms with Crippen molar-refractivity contribution in [2.75, 3.05) is 0 Å². The van der Waals surface area contributed by atoms with Crippen LogP contribution in [0.4, 0.5) is 0 Å². The first kappa shape index (κ1) is 12.4. The Labute approximate surface area is 117 Å². The van der Waals surface area contributed by atoms with Crippen LogP contribution in [-0.4, -0.2) is 9.55 Å². The molecule has 0 unspecified atom stereocenters. The number of hydrogen-bond donors (Lipinski definition) is 0. The fourth-order valence-electron chi connectivity index (χ4n) is 3.32. The summed E-state index contributed by atoms with van der Waals surface area (Å²) in [6, 6.07) is 7.61. The zero-order chi connectivity index (χ0) is 12.2. The van der Waals surface area contributed by atoms with E-state index in [1.165, 1.54) is 12.8 Å². The van der Waals surface area contributed by atoms with Gasteiger partial charge in [-0.3, -0.25) is 9.36 Å². The number of halogens is 1. The van der Waals surface area contributed by atoms with Crippen LogP contribution in [0.15, 0.2) is 35.1 Å². The van der Waals surface area contributed by atoms with Crippen molar-refractivity contribution < 1.29 is 0 Å². The van der Waals surface area contributed by atoms with E-state index in [9.17, 15) is 4.79 Å². The number of fused-ring (bicyclic) bond motifs is 3. The predicted octanol–water partition coefficient (Wildman–Crippen LogP) is 3.11. The van der Waals surface area contributed by atoms with Gasteiger partial charge in [0.05, 0.1) is 10.9 Å². The van der Waals surface area contributed by atoms with Crippen LogP contribution in [-0.2, 0) is 5.41 Å². The molecule has 3 nitrogen and oxygen atoms in total. The van der Waals surface area contributed by atoms with Gasteiger partial charge in [-0.15, -0.1) is 12.4 Å². The van der Waals surface area contributed by atoms with E-state index in [0.717, 1.165) is 24.2 Å². The minimum absolute atomic E-state index is 0. The Morgan fingerprint density at radius 1 is 1.16 bits per heavy atom. The Morgan fingerprint density at radius 2 is 1.89 bits per heavy atom. The summed E-state index contributed by atoms with van der Waals surface area (Å²) in [5, 5.41) is 0.709. The number of hydrogen-bond acceptors (Lipinski definition) is 2. The van der Waals surface area contributed by atoms with Crippen molar-refractivity contribution in [3.8, 4) is 0 Å². The SMILES string of the molecule is Cl.O=c1c2ccccc2nc2n1C=CC21CCCC1. The van der Waals surface area contributed by atoms with Gasteiger partial charge in [0.2, 0.25) is 0 Å². The second kappa shape index (κ2) is 4.20. The van der Waals surface area contributed by atoms with E-state index in [1.807, 2.05) is 30.5 Å². The molecule has 1 aromatic heterocycles. The molecule has 0 radical (unpaired) electrons. The van der Waals surface area contributed by atoms with E-state index in [1.54, 1.807) is 4.57 Å². The Morgan fingerprint density at radius 3 is 2.68 bits per heavy atom. The first-order valence-electron chi connectivity index (χ1n) is 6.51. The second-order valence-corrected chi connectivity index (χ2v) is 5.31. The van der Waals surface area contributed by atoms with Gasteiger partial charge in [-0.25, -0.2) is 4.98 Å². The molecule has 2 aromatic rings. The van der Waals surface area contributed by atoms with Crippen molar-refractivity contribution in [3.63, 3.8) is 0 Å². The van der Waals surface area contributed by atoms with Gasteiger partial charge in [-0.05, 0) is 25.0 Å². The summed E-state index contributed by atoms with van der Waals surface area (Å²) < 4.78 is 1.74. The summed E-state index contributed by atoms with van der Waals surface area (Å²) in [5.74, 6) is 0.948. The maximum atomic E-state index is 12.4. The number of aromatic nitrogens is 2. The summed E-state index contributed by atoms with van der Waals surface area (Å²) in [5.41, 5.74) is 0.919. The molecular formula is C15H15ClN2O. The molecule has 4 heteroatoms. The van der Waals surface area contributed by atoms with Crippen LogP contribution in [0.3, 0.4) is 0 Å². The molecule has 98 valence electrons. The van der Waals surface area contributed by atoms with Gasteiger partial charge in [0.25, 0.3) is 5.56 Å². The zero-order valence-electron chi connectivity index (χ0n) is 10.5. The van der Waals surface area contributed by atoms with Crippen LogP contribution in [0.25, 0.3) is 17.1 Å². The molecule has 1 saturated carbocycles. The quantitative estimate of drug-likeness (QED) is 0.740. The standard InChI is InChI=1S/C15H14N2O.ClH/c18-13-11-5-1-2-6-12(11)16-14-15(7-3-4-8-15)9-10-17(13)14;/h1-2,5-6,9-10H,3-4,7-8H2;1H. The van der Waals surface area contributed by atoms with Crippen LogP contribution >= 0.6 is 12.4 Å². The molecular weight excluding hydrogens is 260 g/mol. The largest absolute Gasteiger partial charge is 0.271 e. The summed E-state index contributed by atoms with van der Waals surface area (Å²) in [6.07, 6.45) is 8.80. The maximum Gasteiger partial charge on any atom is 0.265 e. The average molecular weight is 275 g/mol. The number of para-hydroxylation sites is 1. The lowest BCUT2D eigenvalue weighted by atomic mass is 9.86. The van der Waals surface area contributed by atoms with Crippen molar-refractivity contribution in [1.82, 2.24) is 9.55 Å². The van der Waals surface area contributed by atoms with E-state index < -0.39 is 0 Å². The summed E-state index contributed by atoms with van der Waals surface area (Å²) in [4.78, 5) is 17.2. The van der Waals surface area contributed by atoms with Crippen molar-refractivity contribution in [1.29, 1.82) is 0 Å². The van der Waals surface area contributed by atoms with Gasteiger partial charge in [0.15, 0.2) is 0 Å². The number of benzene rings is 1. The first-order chi connectivity index (χ1) is 8.80. The maximum absolute atomic E-state index is 12.4. The van der Waals surface area contributed by atoms with Crippen LogP contribution in [0.5, 0.6) is 0 Å². The van der Waals surface area contributed by atoms with Crippen LogP contribution in [0.2, 0.25) is 0 Å². The van der Waals surface area contributed by atoms with Crippen molar-refractivity contribution >= 4 is 29.5 Å². The summed E-state index contributed by atoms with van der Waals surface area (Å²) in [7, 11) is 0. The Kier molecular flexibility index (Phi) is 2.75. The molecule has 1 aromatic carbocycles. The number of rotatable bonds is 0. The average Bonchev–Trinajstić information content (AvgIpc) is 3.00. The second-order valence-electron chi connectivity index (χ2n) is 5.31. The molecule has 2 heterocycles. The van der Waals surface area contributed by atoms with Gasteiger partial charge in [-0.2, -0.15) is 0 Å². The van der Waals surface area contributed by atoms with E-state index in [-0.39, 0.29) is 23.4 Å². The molecule has 0 saturated heterocycles. The monoisotopic (exact) mass is 274 g/mol. The van der Waals surface area contributed by atoms with E-state index >= 15 is 0 Å². The summed E-state index contributed by atoms with van der Waals surface area (Å²) in [6.45, 7) is 0. The normalized spacial score (nSPS) is 18.7. The Balaban J connectivity index is 0.00000110. The van der Waals surface area contributed by atoms with Crippen molar-refractivity contribution in [3.05, 3.63) is 46.5 Å². The van der Waals surface area contributed by atoms with Crippen molar-refractivity contribution in [2.24, 2.45) is 0 Å². The third kappa shape index (κ3) is 1.58. The van der Waals surface area contributed by atoms with E-state index in [0.29, 0.717) is 5.39 Å². The highest BCUT2D eigenvalue weighted by atomic mass is 35.5. The predicted molar refractivity (Wildman–Crippen MR) is 78.7 cm³/mol. The Bertz CT molecular complexity index is 726. The molecule has 1 spiro atoms. The minimum atomic E-state index is 0. The third-order valence-electron chi connectivity index (χ3n) is 4.29. The highest BCUT2D eigenvalue weighted by Crippen LogP contribution is 2.44. The molecule has 4 rings (SSSR count). The van der Waals surface area contributed by atoms with Crippen LogP contribution in [0.1, 0.15) is 31.5 Å². The molecule has 1 aliphatic carbocycles. The lowest BCUT2D eigenvalue weighted by molar-refractivity contribution is 0.529. The van der Waals surface area contributed by atoms with Crippen LogP contribution in [0, 0.1) is 0 Å². The number of allylic oxidation sites excluding steroid dienone is 1. The number of nitrogens with zero attached hydrogens (tertiary/aromatic N) is 2. The molecule has 1 fully saturated rings. The lowest BCUT2D eigenvalue weighted by Gasteiger charge is -2.21. The van der Waals surface area contributed by atoms with Crippen molar-refractivity contribution in [2.45, 2.75) is 31.1 Å². The molecule has 0 N–H and O–H groups in total. The zero-order valence-corrected chi connectivity index (χ0v) is 11.3. The lowest BCUT2D eigenvalue weighted by Crippen LogP contribution is -2.26. The molecule has 0 amide bonds. The van der Waals surface area contributed by atoms with E-state index in [2.05, 4.69) is 6.08 Å². The highest BCUT2D eigenvalue weighted by molar-refractivity contribution is 5.85. The highest BCUT2D eigenvalue weighted by Gasteiger charge is 2.40. The molecule has 1 aliphatic heterocycles. The Hall–Kier alpha value is -1.61.